The molecule has 1 amide bonds. The summed E-state index contributed by atoms with van der Waals surface area (Å²) in [5.41, 5.74) is 2.06. The van der Waals surface area contributed by atoms with E-state index in [4.69, 9.17) is 16.3 Å². The molecule has 0 aliphatic carbocycles. The summed E-state index contributed by atoms with van der Waals surface area (Å²) in [6, 6.07) is 17.3. The van der Waals surface area contributed by atoms with Crippen LogP contribution in [0.1, 0.15) is 12.0 Å². The number of rotatable bonds is 7. The highest BCUT2D eigenvalue weighted by molar-refractivity contribution is 6.30. The van der Waals surface area contributed by atoms with Crippen molar-refractivity contribution in [3.05, 3.63) is 65.2 Å². The monoisotopic (exact) mass is 372 g/mol. The van der Waals surface area contributed by atoms with Crippen molar-refractivity contribution in [1.29, 1.82) is 0 Å². The first kappa shape index (κ1) is 18.4. The van der Waals surface area contributed by atoms with Gasteiger partial charge in [0.25, 0.3) is 5.91 Å². The van der Waals surface area contributed by atoms with Crippen molar-refractivity contribution in [2.45, 2.75) is 6.42 Å². The van der Waals surface area contributed by atoms with Crippen LogP contribution in [0.4, 0.5) is 0 Å². The number of halogens is 1. The summed E-state index contributed by atoms with van der Waals surface area (Å²) in [4.78, 5) is 13.5. The lowest BCUT2D eigenvalue weighted by Gasteiger charge is -2.17. The van der Waals surface area contributed by atoms with Crippen LogP contribution < -0.4 is 9.64 Å². The highest BCUT2D eigenvalue weighted by Gasteiger charge is 2.23. The molecule has 0 saturated heterocycles. The molecule has 5 nitrogen and oxygen atoms in total. The van der Waals surface area contributed by atoms with Gasteiger partial charge in [0.2, 0.25) is 0 Å². The van der Waals surface area contributed by atoms with Gasteiger partial charge in [-0.2, -0.15) is 5.10 Å². The first-order valence-corrected chi connectivity index (χ1v) is 9.12. The van der Waals surface area contributed by atoms with Gasteiger partial charge in [-0.15, -0.1) is 0 Å². The lowest BCUT2D eigenvalue weighted by Crippen LogP contribution is -3.10. The molecule has 0 saturated carbocycles. The van der Waals surface area contributed by atoms with Crippen LogP contribution >= 0.6 is 11.6 Å². The average molecular weight is 373 g/mol. The third-order valence-corrected chi connectivity index (χ3v) is 4.51. The Kier molecular flexibility index (Phi) is 6.26. The Bertz CT molecular complexity index is 762. The van der Waals surface area contributed by atoms with E-state index in [9.17, 15) is 4.79 Å². The zero-order valence-corrected chi connectivity index (χ0v) is 15.6. The molecule has 1 heterocycles. The number of carbonyl (C=O) groups is 1. The standard InChI is InChI=1S/C20H22ClN3O2/c1-23(13-14-26-18-9-7-17(21)8-10-18)15-20(25)24-12-11-19(22-24)16-5-3-2-4-6-16/h2-10H,11-15H2,1H3/p+1. The van der Waals surface area contributed by atoms with Gasteiger partial charge in [-0.3, -0.25) is 4.79 Å². The zero-order valence-electron chi connectivity index (χ0n) is 14.8. The van der Waals surface area contributed by atoms with Crippen molar-refractivity contribution in [2.75, 3.05) is 33.3 Å². The molecule has 0 aromatic heterocycles. The topological polar surface area (TPSA) is 46.3 Å². The van der Waals surface area contributed by atoms with E-state index in [1.807, 2.05) is 49.5 Å². The van der Waals surface area contributed by atoms with Crippen LogP contribution in [0.25, 0.3) is 0 Å². The van der Waals surface area contributed by atoms with Gasteiger partial charge in [0, 0.05) is 11.4 Å². The van der Waals surface area contributed by atoms with E-state index in [-0.39, 0.29) is 5.91 Å². The number of hydrazone groups is 1. The van der Waals surface area contributed by atoms with Gasteiger partial charge >= 0.3 is 0 Å². The van der Waals surface area contributed by atoms with Crippen LogP contribution in [0.15, 0.2) is 59.7 Å². The summed E-state index contributed by atoms with van der Waals surface area (Å²) >= 11 is 5.85. The number of ether oxygens (including phenoxy) is 1. The smallest absolute Gasteiger partial charge is 0.297 e. The molecule has 0 bridgehead atoms. The Morgan fingerprint density at radius 3 is 2.65 bits per heavy atom. The zero-order chi connectivity index (χ0) is 18.4. The van der Waals surface area contributed by atoms with Gasteiger partial charge in [-0.25, -0.2) is 5.01 Å². The van der Waals surface area contributed by atoms with E-state index in [1.165, 1.54) is 0 Å². The van der Waals surface area contributed by atoms with Crippen LogP contribution in [0, 0.1) is 0 Å². The third kappa shape index (κ3) is 5.07. The van der Waals surface area contributed by atoms with Gasteiger partial charge < -0.3 is 9.64 Å². The Morgan fingerprint density at radius 1 is 1.19 bits per heavy atom. The summed E-state index contributed by atoms with van der Waals surface area (Å²) in [5, 5.41) is 6.77. The molecule has 0 spiro atoms. The van der Waals surface area contributed by atoms with Crippen LogP contribution in [0.5, 0.6) is 5.75 Å². The summed E-state index contributed by atoms with van der Waals surface area (Å²) in [5.74, 6) is 0.824. The number of amides is 1. The maximum Gasteiger partial charge on any atom is 0.297 e. The van der Waals surface area contributed by atoms with Crippen molar-refractivity contribution < 1.29 is 14.4 Å². The van der Waals surface area contributed by atoms with E-state index in [0.29, 0.717) is 24.7 Å². The van der Waals surface area contributed by atoms with Crippen molar-refractivity contribution in [1.82, 2.24) is 5.01 Å². The molecule has 0 radical (unpaired) electrons. The van der Waals surface area contributed by atoms with Crippen LogP contribution in [-0.2, 0) is 4.79 Å². The number of carbonyl (C=O) groups excluding carboxylic acids is 1. The Hall–Kier alpha value is -2.37. The third-order valence-electron chi connectivity index (χ3n) is 4.26. The number of quaternary nitrogens is 1. The largest absolute Gasteiger partial charge is 0.488 e. The SMILES string of the molecule is C[NH+](CCOc1ccc(Cl)cc1)CC(=O)N1CCC(c2ccccc2)=N1. The molecule has 136 valence electrons. The predicted octanol–water partition coefficient (Wildman–Crippen LogP) is 1.87. The summed E-state index contributed by atoms with van der Waals surface area (Å²) in [6.07, 6.45) is 0.800. The highest BCUT2D eigenvalue weighted by atomic mass is 35.5. The average Bonchev–Trinajstić information content (AvgIpc) is 3.14. The van der Waals surface area contributed by atoms with Crippen LogP contribution in [-0.4, -0.2) is 49.9 Å². The number of hydrogen-bond acceptors (Lipinski definition) is 3. The van der Waals surface area contributed by atoms with Gasteiger partial charge in [-0.1, -0.05) is 41.9 Å². The van der Waals surface area contributed by atoms with Gasteiger partial charge in [0.05, 0.1) is 19.3 Å². The predicted molar refractivity (Wildman–Crippen MR) is 103 cm³/mol. The lowest BCUT2D eigenvalue weighted by molar-refractivity contribution is -0.871. The maximum absolute atomic E-state index is 12.4. The van der Waals surface area contributed by atoms with Crippen molar-refractivity contribution >= 4 is 23.2 Å². The van der Waals surface area contributed by atoms with E-state index in [1.54, 1.807) is 17.1 Å². The number of nitrogens with one attached hydrogen (secondary N) is 1. The molecule has 1 aliphatic rings. The minimum absolute atomic E-state index is 0.0416. The molecule has 1 aliphatic heterocycles. The van der Waals surface area contributed by atoms with Crippen molar-refractivity contribution in [2.24, 2.45) is 5.10 Å². The highest BCUT2D eigenvalue weighted by Crippen LogP contribution is 2.15. The Labute approximate surface area is 158 Å². The number of hydrogen-bond donors (Lipinski definition) is 1. The Morgan fingerprint density at radius 2 is 1.92 bits per heavy atom. The fraction of sp³-hybridized carbons (Fsp3) is 0.300. The van der Waals surface area contributed by atoms with E-state index < -0.39 is 0 Å². The number of nitrogens with zero attached hydrogens (tertiary/aromatic N) is 2. The fourth-order valence-electron chi connectivity index (χ4n) is 2.78. The molecule has 26 heavy (non-hydrogen) atoms. The molecule has 1 atom stereocenters. The van der Waals surface area contributed by atoms with Gasteiger partial charge in [0.1, 0.15) is 18.9 Å². The molecule has 3 rings (SSSR count). The minimum Gasteiger partial charge on any atom is -0.488 e. The maximum atomic E-state index is 12.4. The van der Waals surface area contributed by atoms with E-state index >= 15 is 0 Å². The summed E-state index contributed by atoms with van der Waals surface area (Å²) in [7, 11) is 1.99. The molecule has 1 N–H and O–H groups in total. The second-order valence-corrected chi connectivity index (χ2v) is 6.80. The molecular weight excluding hydrogens is 350 g/mol. The first-order valence-electron chi connectivity index (χ1n) is 8.75. The second kappa shape index (κ2) is 8.83. The lowest BCUT2D eigenvalue weighted by atomic mass is 10.1. The molecular formula is C20H23ClN3O2+. The summed E-state index contributed by atoms with van der Waals surface area (Å²) < 4.78 is 5.68. The molecule has 2 aromatic carbocycles. The molecule has 6 heteroatoms. The molecule has 1 unspecified atom stereocenters. The van der Waals surface area contributed by atoms with Gasteiger partial charge in [0.15, 0.2) is 6.54 Å². The molecule has 0 fully saturated rings. The van der Waals surface area contributed by atoms with E-state index in [2.05, 4.69) is 5.10 Å². The quantitative estimate of drug-likeness (QED) is 0.806. The number of likely N-dealkylation sites (N-methyl/N-ethyl adjacent to an activating group) is 1. The summed E-state index contributed by atoms with van der Waals surface area (Å²) in [6.45, 7) is 2.32. The number of benzene rings is 2. The first-order chi connectivity index (χ1) is 12.6. The van der Waals surface area contributed by atoms with E-state index in [0.717, 1.165) is 34.9 Å². The van der Waals surface area contributed by atoms with Crippen LogP contribution in [0.2, 0.25) is 5.02 Å². The normalized spacial score (nSPS) is 14.8. The van der Waals surface area contributed by atoms with Crippen molar-refractivity contribution in [3.8, 4) is 5.75 Å². The van der Waals surface area contributed by atoms with Crippen LogP contribution in [0.3, 0.4) is 0 Å². The van der Waals surface area contributed by atoms with Crippen molar-refractivity contribution in [3.63, 3.8) is 0 Å². The fourth-order valence-corrected chi connectivity index (χ4v) is 2.91. The second-order valence-electron chi connectivity index (χ2n) is 6.37. The Balaban J connectivity index is 1.44. The molecule has 2 aromatic rings. The minimum atomic E-state index is 0.0416. The van der Waals surface area contributed by atoms with Gasteiger partial charge in [-0.05, 0) is 29.8 Å².